The average molecular weight is 619 g/mol. The normalized spacial score (nSPS) is 11.8. The molecular weight excluding hydrogens is 593 g/mol. The molecule has 0 aliphatic rings. The van der Waals surface area contributed by atoms with Gasteiger partial charge in [0.1, 0.15) is 11.5 Å². The Bertz CT molecular complexity index is 1560. The van der Waals surface area contributed by atoms with Crippen molar-refractivity contribution in [3.63, 3.8) is 0 Å². The molecule has 0 saturated carbocycles. The van der Waals surface area contributed by atoms with Gasteiger partial charge in [-0.15, -0.1) is 11.8 Å². The van der Waals surface area contributed by atoms with Crippen molar-refractivity contribution in [2.45, 2.75) is 17.1 Å². The lowest BCUT2D eigenvalue weighted by atomic mass is 10.1. The van der Waals surface area contributed by atoms with Gasteiger partial charge in [0.05, 0.1) is 10.9 Å². The molecule has 4 rings (SSSR count). The van der Waals surface area contributed by atoms with Crippen LogP contribution >= 0.6 is 27.7 Å². The van der Waals surface area contributed by atoms with E-state index in [2.05, 4.69) is 31.9 Å². The van der Waals surface area contributed by atoms with Crippen LogP contribution in [0.2, 0.25) is 0 Å². The molecule has 1 unspecified atom stereocenters. The van der Waals surface area contributed by atoms with E-state index in [-0.39, 0.29) is 17.3 Å². The predicted octanol–water partition coefficient (Wildman–Crippen LogP) is 7.12. The summed E-state index contributed by atoms with van der Waals surface area (Å²) in [6.45, 7) is 1.71. The molecule has 1 atom stereocenters. The molecule has 0 fully saturated rings. The second-order valence-corrected chi connectivity index (χ2v) is 11.0. The third-order valence-electron chi connectivity index (χ3n) is 5.59. The van der Waals surface area contributed by atoms with Crippen molar-refractivity contribution in [1.82, 2.24) is 5.32 Å². The Morgan fingerprint density at radius 2 is 1.57 bits per heavy atom. The van der Waals surface area contributed by atoms with Crippen LogP contribution in [-0.4, -0.2) is 23.0 Å². The number of carbonyl (C=O) groups excluding carboxylic acids is 3. The highest BCUT2D eigenvalue weighted by molar-refractivity contribution is 9.10. The van der Waals surface area contributed by atoms with Crippen LogP contribution in [0.1, 0.15) is 22.8 Å². The number of para-hydroxylation sites is 1. The number of hydrogen-bond donors (Lipinski definition) is 3. The van der Waals surface area contributed by atoms with E-state index in [1.165, 1.54) is 23.9 Å². The molecule has 0 heterocycles. The van der Waals surface area contributed by atoms with Crippen LogP contribution in [0.4, 0.5) is 15.8 Å². The van der Waals surface area contributed by atoms with E-state index in [9.17, 15) is 18.8 Å². The third kappa shape index (κ3) is 8.14. The summed E-state index contributed by atoms with van der Waals surface area (Å²) in [6, 6.07) is 28.9. The first-order valence-corrected chi connectivity index (χ1v) is 13.9. The van der Waals surface area contributed by atoms with Gasteiger partial charge in [0, 0.05) is 20.6 Å². The van der Waals surface area contributed by atoms with Gasteiger partial charge in [-0.3, -0.25) is 14.4 Å². The summed E-state index contributed by atoms with van der Waals surface area (Å²) >= 11 is 4.69. The molecular formula is C31H25BrFN3O3S. The van der Waals surface area contributed by atoms with Crippen LogP contribution in [0.15, 0.2) is 118 Å². The minimum atomic E-state index is -0.539. The molecule has 0 radical (unpaired) electrons. The summed E-state index contributed by atoms with van der Waals surface area (Å²) in [5.74, 6) is -1.80. The SMILES string of the molecule is CC(Sc1cccc(NC(=O)/C(=C\c2cccc(Br)c2)NC(=O)c2ccccc2)c1)C(=O)Nc1ccccc1F. The Morgan fingerprint density at radius 3 is 2.33 bits per heavy atom. The fourth-order valence-electron chi connectivity index (χ4n) is 3.61. The van der Waals surface area contributed by atoms with Crippen molar-refractivity contribution in [2.75, 3.05) is 10.6 Å². The van der Waals surface area contributed by atoms with Crippen molar-refractivity contribution in [2.24, 2.45) is 0 Å². The van der Waals surface area contributed by atoms with Crippen LogP contribution < -0.4 is 16.0 Å². The summed E-state index contributed by atoms with van der Waals surface area (Å²) in [7, 11) is 0. The van der Waals surface area contributed by atoms with Crippen LogP contribution in [-0.2, 0) is 9.59 Å². The number of benzene rings is 4. The zero-order chi connectivity index (χ0) is 28.5. The molecule has 202 valence electrons. The fourth-order valence-corrected chi connectivity index (χ4v) is 4.95. The van der Waals surface area contributed by atoms with Gasteiger partial charge >= 0.3 is 0 Å². The van der Waals surface area contributed by atoms with Gasteiger partial charge in [0.2, 0.25) is 5.91 Å². The molecule has 40 heavy (non-hydrogen) atoms. The maximum atomic E-state index is 13.9. The highest BCUT2D eigenvalue weighted by atomic mass is 79.9. The third-order valence-corrected chi connectivity index (χ3v) is 7.18. The van der Waals surface area contributed by atoms with Crippen LogP contribution in [0.3, 0.4) is 0 Å². The number of anilines is 2. The number of hydrogen-bond acceptors (Lipinski definition) is 4. The van der Waals surface area contributed by atoms with Crippen molar-refractivity contribution in [1.29, 1.82) is 0 Å². The van der Waals surface area contributed by atoms with Crippen molar-refractivity contribution in [3.8, 4) is 0 Å². The smallest absolute Gasteiger partial charge is 0.272 e. The molecule has 0 saturated heterocycles. The summed E-state index contributed by atoms with van der Waals surface area (Å²) in [5, 5.41) is 7.60. The van der Waals surface area contributed by atoms with Crippen LogP contribution in [0, 0.1) is 5.82 Å². The molecule has 4 aromatic carbocycles. The highest BCUT2D eigenvalue weighted by Crippen LogP contribution is 2.27. The highest BCUT2D eigenvalue weighted by Gasteiger charge is 2.18. The lowest BCUT2D eigenvalue weighted by molar-refractivity contribution is -0.115. The monoisotopic (exact) mass is 617 g/mol. The molecule has 3 N–H and O–H groups in total. The van der Waals surface area contributed by atoms with E-state index in [1.54, 1.807) is 73.7 Å². The van der Waals surface area contributed by atoms with Crippen molar-refractivity contribution < 1.29 is 18.8 Å². The number of nitrogens with one attached hydrogen (secondary N) is 3. The topological polar surface area (TPSA) is 87.3 Å². The number of halogens is 2. The first-order chi connectivity index (χ1) is 19.3. The summed E-state index contributed by atoms with van der Waals surface area (Å²) < 4.78 is 14.7. The first kappa shape index (κ1) is 28.8. The Labute approximate surface area is 244 Å². The zero-order valence-electron chi connectivity index (χ0n) is 21.4. The Kier molecular flexibility index (Phi) is 9.88. The first-order valence-electron chi connectivity index (χ1n) is 12.3. The predicted molar refractivity (Wildman–Crippen MR) is 161 cm³/mol. The van der Waals surface area contributed by atoms with Crippen LogP contribution in [0.5, 0.6) is 0 Å². The Hall–Kier alpha value is -4.21. The number of amides is 3. The molecule has 0 bridgehead atoms. The van der Waals surface area contributed by atoms with E-state index in [4.69, 9.17) is 0 Å². The van der Waals surface area contributed by atoms with Gasteiger partial charge in [-0.2, -0.15) is 0 Å². The number of carbonyl (C=O) groups is 3. The van der Waals surface area contributed by atoms with Gasteiger partial charge in [-0.1, -0.05) is 64.5 Å². The van der Waals surface area contributed by atoms with Gasteiger partial charge in [0.25, 0.3) is 11.8 Å². The van der Waals surface area contributed by atoms with E-state index < -0.39 is 22.9 Å². The van der Waals surface area contributed by atoms with Gasteiger partial charge in [0.15, 0.2) is 0 Å². The van der Waals surface area contributed by atoms with E-state index >= 15 is 0 Å². The molecule has 0 aromatic heterocycles. The van der Waals surface area contributed by atoms with E-state index in [0.717, 1.165) is 9.37 Å². The van der Waals surface area contributed by atoms with Crippen LogP contribution in [0.25, 0.3) is 6.08 Å². The molecule has 4 aromatic rings. The maximum Gasteiger partial charge on any atom is 0.272 e. The molecule has 9 heteroatoms. The van der Waals surface area contributed by atoms with Crippen molar-refractivity contribution >= 4 is 62.9 Å². The largest absolute Gasteiger partial charge is 0.323 e. The average Bonchev–Trinajstić information content (AvgIpc) is 2.94. The van der Waals surface area contributed by atoms with Gasteiger partial charge in [-0.25, -0.2) is 4.39 Å². The van der Waals surface area contributed by atoms with E-state index in [0.29, 0.717) is 16.8 Å². The second kappa shape index (κ2) is 13.7. The lowest BCUT2D eigenvalue weighted by Gasteiger charge is -2.14. The molecule has 0 aliphatic heterocycles. The molecule has 0 aliphatic carbocycles. The number of rotatable bonds is 9. The minimum absolute atomic E-state index is 0.0580. The fraction of sp³-hybridized carbons (Fsp3) is 0.0645. The summed E-state index contributed by atoms with van der Waals surface area (Å²) in [6.07, 6.45) is 1.59. The molecule has 0 spiro atoms. The minimum Gasteiger partial charge on any atom is -0.323 e. The zero-order valence-corrected chi connectivity index (χ0v) is 23.8. The molecule has 6 nitrogen and oxygen atoms in total. The maximum absolute atomic E-state index is 13.9. The Balaban J connectivity index is 1.48. The van der Waals surface area contributed by atoms with Crippen molar-refractivity contribution in [3.05, 3.63) is 130 Å². The summed E-state index contributed by atoms with van der Waals surface area (Å²) in [5.41, 5.74) is 1.78. The van der Waals surface area contributed by atoms with E-state index in [1.807, 2.05) is 30.3 Å². The lowest BCUT2D eigenvalue weighted by Crippen LogP contribution is -2.30. The molecule has 3 amide bonds. The standard InChI is InChI=1S/C31H25BrFN3O3S/c1-20(29(37)35-27-16-6-5-15-26(27)33)40-25-14-8-13-24(19-25)34-31(39)28(18-21-9-7-12-23(32)17-21)36-30(38)22-10-3-2-4-11-22/h2-20H,1H3,(H,34,39)(H,35,37)(H,36,38)/b28-18+. The second-order valence-electron chi connectivity index (χ2n) is 8.64. The van der Waals surface area contributed by atoms with Gasteiger partial charge < -0.3 is 16.0 Å². The number of thioether (sulfide) groups is 1. The van der Waals surface area contributed by atoms with Gasteiger partial charge in [-0.05, 0) is 73.2 Å². The summed E-state index contributed by atoms with van der Waals surface area (Å²) in [4.78, 5) is 39.5. The quantitative estimate of drug-likeness (QED) is 0.138. The Morgan fingerprint density at radius 1 is 0.850 bits per heavy atom.